The number of aromatic nitrogens is 2. The van der Waals surface area contributed by atoms with Crippen molar-refractivity contribution in [2.45, 2.75) is 12.5 Å². The minimum Gasteiger partial charge on any atom is -0.476 e. The summed E-state index contributed by atoms with van der Waals surface area (Å²) >= 11 is 0. The normalized spacial score (nSPS) is 20.4. The lowest BCUT2D eigenvalue weighted by atomic mass is 10.2. The molecule has 2 heterocycles. The molecule has 1 aromatic rings. The third-order valence-electron chi connectivity index (χ3n) is 2.15. The van der Waals surface area contributed by atoms with Gasteiger partial charge in [0, 0.05) is 12.8 Å². The van der Waals surface area contributed by atoms with Gasteiger partial charge in [-0.3, -0.25) is 0 Å². The first-order valence-electron chi connectivity index (χ1n) is 4.12. The summed E-state index contributed by atoms with van der Waals surface area (Å²) in [5.41, 5.74) is 0.0897. The third-order valence-corrected chi connectivity index (χ3v) is 2.15. The van der Waals surface area contributed by atoms with Crippen molar-refractivity contribution in [3.05, 3.63) is 18.2 Å². The molecule has 0 bridgehead atoms. The number of imidazole rings is 1. The van der Waals surface area contributed by atoms with E-state index < -0.39 is 5.97 Å². The Balaban J connectivity index is 0.000000980. The molecule has 0 amide bonds. The molecule has 2 rings (SSSR count). The predicted molar refractivity (Wildman–Crippen MR) is 50.9 cm³/mol. The Morgan fingerprint density at radius 3 is 3.00 bits per heavy atom. The molecule has 0 radical (unpaired) electrons. The molecule has 1 fully saturated rings. The Morgan fingerprint density at radius 1 is 1.71 bits per heavy atom. The molecule has 0 spiro atoms. The minimum absolute atomic E-state index is 0. The standard InChI is InChI=1S/C8H10N2O3.ClH/c11-8(12)7-3-10(5-9-7)6-1-2-13-4-6;/h3,5-6H,1-2,4H2,(H,11,12);1H. The maximum Gasteiger partial charge on any atom is 0.356 e. The van der Waals surface area contributed by atoms with Gasteiger partial charge < -0.3 is 14.4 Å². The van der Waals surface area contributed by atoms with Crippen molar-refractivity contribution in [1.29, 1.82) is 0 Å². The molecular weight excluding hydrogens is 208 g/mol. The summed E-state index contributed by atoms with van der Waals surface area (Å²) in [6.45, 7) is 1.39. The molecule has 0 aliphatic carbocycles. The van der Waals surface area contributed by atoms with Crippen LogP contribution in [0.5, 0.6) is 0 Å². The number of carboxylic acids is 1. The SMILES string of the molecule is Cl.O=C(O)c1cn(C2CCOC2)cn1. The van der Waals surface area contributed by atoms with E-state index in [2.05, 4.69) is 4.98 Å². The highest BCUT2D eigenvalue weighted by Crippen LogP contribution is 2.18. The zero-order valence-corrected chi connectivity index (χ0v) is 8.24. The van der Waals surface area contributed by atoms with Gasteiger partial charge in [-0.05, 0) is 6.42 Å². The highest BCUT2D eigenvalue weighted by atomic mass is 35.5. The lowest BCUT2D eigenvalue weighted by Gasteiger charge is -2.07. The van der Waals surface area contributed by atoms with E-state index in [1.807, 2.05) is 0 Å². The summed E-state index contributed by atoms with van der Waals surface area (Å²) in [4.78, 5) is 14.3. The summed E-state index contributed by atoms with van der Waals surface area (Å²) < 4.78 is 6.99. The van der Waals surface area contributed by atoms with Crippen molar-refractivity contribution in [3.8, 4) is 0 Å². The van der Waals surface area contributed by atoms with E-state index in [-0.39, 0.29) is 24.1 Å². The van der Waals surface area contributed by atoms with Crippen molar-refractivity contribution in [2.24, 2.45) is 0 Å². The number of halogens is 1. The summed E-state index contributed by atoms with van der Waals surface area (Å²) in [5.74, 6) is -0.988. The molecular formula is C8H11ClN2O3. The topological polar surface area (TPSA) is 64.3 Å². The molecule has 1 saturated heterocycles. The second-order valence-electron chi connectivity index (χ2n) is 3.03. The molecule has 1 aliphatic rings. The molecule has 0 aromatic carbocycles. The number of aromatic carboxylic acids is 1. The van der Waals surface area contributed by atoms with Crippen LogP contribution in [-0.2, 0) is 4.74 Å². The van der Waals surface area contributed by atoms with E-state index in [0.717, 1.165) is 13.0 Å². The van der Waals surface area contributed by atoms with Gasteiger partial charge in [0.1, 0.15) is 0 Å². The summed E-state index contributed by atoms with van der Waals surface area (Å²) in [5, 5.41) is 8.63. The fourth-order valence-corrected chi connectivity index (χ4v) is 1.40. The van der Waals surface area contributed by atoms with Gasteiger partial charge in [0.25, 0.3) is 0 Å². The first-order valence-corrected chi connectivity index (χ1v) is 4.12. The van der Waals surface area contributed by atoms with Gasteiger partial charge in [-0.1, -0.05) is 0 Å². The smallest absolute Gasteiger partial charge is 0.356 e. The Bertz CT molecular complexity index is 320. The zero-order valence-electron chi connectivity index (χ0n) is 7.42. The van der Waals surface area contributed by atoms with E-state index in [1.54, 1.807) is 17.1 Å². The first-order chi connectivity index (χ1) is 6.27. The van der Waals surface area contributed by atoms with Crippen LogP contribution in [0.3, 0.4) is 0 Å². The van der Waals surface area contributed by atoms with Crippen molar-refractivity contribution in [2.75, 3.05) is 13.2 Å². The Hall–Kier alpha value is -1.07. The van der Waals surface area contributed by atoms with Crippen molar-refractivity contribution >= 4 is 18.4 Å². The minimum atomic E-state index is -0.988. The number of hydrogen-bond acceptors (Lipinski definition) is 3. The molecule has 1 aliphatic heterocycles. The fourth-order valence-electron chi connectivity index (χ4n) is 1.40. The van der Waals surface area contributed by atoms with Crippen molar-refractivity contribution < 1.29 is 14.6 Å². The highest BCUT2D eigenvalue weighted by molar-refractivity contribution is 5.85. The van der Waals surface area contributed by atoms with Gasteiger partial charge >= 0.3 is 5.97 Å². The molecule has 78 valence electrons. The van der Waals surface area contributed by atoms with Gasteiger partial charge in [-0.15, -0.1) is 12.4 Å². The van der Waals surface area contributed by atoms with Crippen LogP contribution in [0, 0.1) is 0 Å². The summed E-state index contributed by atoms with van der Waals surface area (Å²) in [7, 11) is 0. The van der Waals surface area contributed by atoms with Crippen LogP contribution in [0.1, 0.15) is 23.0 Å². The molecule has 14 heavy (non-hydrogen) atoms. The lowest BCUT2D eigenvalue weighted by molar-refractivity contribution is 0.0691. The average molecular weight is 219 g/mol. The van der Waals surface area contributed by atoms with E-state index in [9.17, 15) is 4.79 Å². The number of carboxylic acid groups (broad SMARTS) is 1. The van der Waals surface area contributed by atoms with Gasteiger partial charge in [0.2, 0.25) is 0 Å². The van der Waals surface area contributed by atoms with Crippen LogP contribution < -0.4 is 0 Å². The van der Waals surface area contributed by atoms with Gasteiger partial charge in [-0.25, -0.2) is 9.78 Å². The molecule has 0 saturated carbocycles. The largest absolute Gasteiger partial charge is 0.476 e. The Kier molecular flexibility index (Phi) is 3.49. The molecule has 1 N–H and O–H groups in total. The van der Waals surface area contributed by atoms with Gasteiger partial charge in [0.15, 0.2) is 5.69 Å². The van der Waals surface area contributed by atoms with E-state index in [4.69, 9.17) is 9.84 Å². The van der Waals surface area contributed by atoms with Crippen LogP contribution >= 0.6 is 12.4 Å². The summed E-state index contributed by atoms with van der Waals surface area (Å²) in [6.07, 6.45) is 4.01. The monoisotopic (exact) mass is 218 g/mol. The number of nitrogens with zero attached hydrogens (tertiary/aromatic N) is 2. The van der Waals surface area contributed by atoms with E-state index in [1.165, 1.54) is 0 Å². The molecule has 6 heteroatoms. The Labute approximate surface area is 87.1 Å². The van der Waals surface area contributed by atoms with Crippen LogP contribution in [0.2, 0.25) is 0 Å². The molecule has 1 atom stereocenters. The number of hydrogen-bond donors (Lipinski definition) is 1. The van der Waals surface area contributed by atoms with Crippen LogP contribution in [-0.4, -0.2) is 33.8 Å². The fraction of sp³-hybridized carbons (Fsp3) is 0.500. The number of carbonyl (C=O) groups is 1. The average Bonchev–Trinajstić information content (AvgIpc) is 2.75. The quantitative estimate of drug-likeness (QED) is 0.803. The zero-order chi connectivity index (χ0) is 9.26. The maximum absolute atomic E-state index is 10.5. The van der Waals surface area contributed by atoms with Crippen LogP contribution in [0.4, 0.5) is 0 Å². The molecule has 5 nitrogen and oxygen atoms in total. The van der Waals surface area contributed by atoms with Crippen molar-refractivity contribution in [3.63, 3.8) is 0 Å². The van der Waals surface area contributed by atoms with Gasteiger partial charge in [0.05, 0.1) is 19.0 Å². The van der Waals surface area contributed by atoms with Crippen molar-refractivity contribution in [1.82, 2.24) is 9.55 Å². The lowest BCUT2D eigenvalue weighted by Crippen LogP contribution is -2.06. The number of ether oxygens (including phenoxy) is 1. The van der Waals surface area contributed by atoms with E-state index in [0.29, 0.717) is 6.61 Å². The predicted octanol–water partition coefficient (Wildman–Crippen LogP) is 0.964. The second kappa shape index (κ2) is 4.43. The number of rotatable bonds is 2. The highest BCUT2D eigenvalue weighted by Gasteiger charge is 2.18. The second-order valence-corrected chi connectivity index (χ2v) is 3.03. The Morgan fingerprint density at radius 2 is 2.50 bits per heavy atom. The molecule has 1 aromatic heterocycles. The van der Waals surface area contributed by atoms with Crippen LogP contribution in [0.15, 0.2) is 12.5 Å². The molecule has 1 unspecified atom stereocenters. The first kappa shape index (κ1) is 11.0. The van der Waals surface area contributed by atoms with Gasteiger partial charge in [-0.2, -0.15) is 0 Å². The maximum atomic E-state index is 10.5. The summed E-state index contributed by atoms with van der Waals surface area (Å²) in [6, 6.07) is 0.251. The van der Waals surface area contributed by atoms with E-state index >= 15 is 0 Å². The van der Waals surface area contributed by atoms with Crippen LogP contribution in [0.25, 0.3) is 0 Å². The third kappa shape index (κ3) is 2.05.